The van der Waals surface area contributed by atoms with Crippen LogP contribution >= 0.6 is 0 Å². The SMILES string of the molecule is CC(C)CC(=O)OCC(=O)[C@@]1(C)CC=CC1(C)C. The summed E-state index contributed by atoms with van der Waals surface area (Å²) in [6, 6.07) is 0. The summed E-state index contributed by atoms with van der Waals surface area (Å²) in [6.45, 7) is 9.84. The van der Waals surface area contributed by atoms with E-state index < -0.39 is 5.41 Å². The van der Waals surface area contributed by atoms with Crippen molar-refractivity contribution in [2.75, 3.05) is 6.61 Å². The lowest BCUT2D eigenvalue weighted by atomic mass is 9.66. The summed E-state index contributed by atoms with van der Waals surface area (Å²) < 4.78 is 5.07. The molecular weight excluding hydrogens is 228 g/mol. The molecular formula is C15H24O3. The Morgan fingerprint density at radius 1 is 1.28 bits per heavy atom. The minimum Gasteiger partial charge on any atom is -0.458 e. The maximum absolute atomic E-state index is 12.3. The molecule has 1 aliphatic carbocycles. The summed E-state index contributed by atoms with van der Waals surface area (Å²) in [7, 11) is 0. The zero-order valence-electron chi connectivity index (χ0n) is 12.1. The van der Waals surface area contributed by atoms with E-state index in [1.165, 1.54) is 0 Å². The predicted molar refractivity (Wildman–Crippen MR) is 71.1 cm³/mol. The fourth-order valence-electron chi connectivity index (χ4n) is 2.21. The van der Waals surface area contributed by atoms with E-state index >= 15 is 0 Å². The lowest BCUT2D eigenvalue weighted by Gasteiger charge is -2.36. The molecule has 0 spiro atoms. The average molecular weight is 252 g/mol. The van der Waals surface area contributed by atoms with Gasteiger partial charge in [0.25, 0.3) is 0 Å². The summed E-state index contributed by atoms with van der Waals surface area (Å²) in [4.78, 5) is 23.7. The maximum atomic E-state index is 12.3. The number of allylic oxidation sites excluding steroid dienone is 2. The largest absolute Gasteiger partial charge is 0.458 e. The molecule has 0 unspecified atom stereocenters. The van der Waals surface area contributed by atoms with Crippen LogP contribution in [0.1, 0.15) is 47.5 Å². The van der Waals surface area contributed by atoms with Crippen LogP contribution in [-0.4, -0.2) is 18.4 Å². The first-order valence-electron chi connectivity index (χ1n) is 6.55. The first-order valence-corrected chi connectivity index (χ1v) is 6.55. The Morgan fingerprint density at radius 3 is 2.33 bits per heavy atom. The summed E-state index contributed by atoms with van der Waals surface area (Å²) in [5.41, 5.74) is -0.625. The minimum absolute atomic E-state index is 0.00889. The molecule has 1 aliphatic rings. The van der Waals surface area contributed by atoms with E-state index in [9.17, 15) is 9.59 Å². The van der Waals surface area contributed by atoms with Crippen molar-refractivity contribution in [2.24, 2.45) is 16.7 Å². The number of esters is 1. The second-order valence-corrected chi connectivity index (χ2v) is 6.34. The van der Waals surface area contributed by atoms with E-state index in [-0.39, 0.29) is 29.7 Å². The first kappa shape index (κ1) is 14.9. The molecule has 0 bridgehead atoms. The van der Waals surface area contributed by atoms with Crippen LogP contribution in [0.5, 0.6) is 0 Å². The van der Waals surface area contributed by atoms with Gasteiger partial charge in [-0.3, -0.25) is 9.59 Å². The van der Waals surface area contributed by atoms with E-state index in [1.807, 2.05) is 40.7 Å². The maximum Gasteiger partial charge on any atom is 0.306 e. The molecule has 0 amide bonds. The molecule has 18 heavy (non-hydrogen) atoms. The second-order valence-electron chi connectivity index (χ2n) is 6.34. The van der Waals surface area contributed by atoms with Gasteiger partial charge in [-0.2, -0.15) is 0 Å². The zero-order valence-corrected chi connectivity index (χ0v) is 12.1. The molecule has 1 rings (SSSR count). The van der Waals surface area contributed by atoms with Gasteiger partial charge in [0.15, 0.2) is 12.4 Å². The number of carbonyl (C=O) groups is 2. The number of hydrogen-bond donors (Lipinski definition) is 0. The second kappa shape index (κ2) is 5.25. The fourth-order valence-corrected chi connectivity index (χ4v) is 2.21. The molecule has 0 aromatic carbocycles. The van der Waals surface area contributed by atoms with Crippen LogP contribution in [0.4, 0.5) is 0 Å². The third-order valence-electron chi connectivity index (χ3n) is 4.04. The van der Waals surface area contributed by atoms with Gasteiger partial charge >= 0.3 is 5.97 Å². The van der Waals surface area contributed by atoms with Crippen molar-refractivity contribution in [3.8, 4) is 0 Å². The Hall–Kier alpha value is -1.12. The Kier molecular flexibility index (Phi) is 4.36. The van der Waals surface area contributed by atoms with Crippen molar-refractivity contribution >= 4 is 11.8 Å². The molecule has 0 aliphatic heterocycles. The molecule has 0 aromatic heterocycles. The zero-order chi connectivity index (χ0) is 14.0. The molecule has 0 saturated heterocycles. The molecule has 0 aromatic rings. The molecule has 0 fully saturated rings. The molecule has 0 N–H and O–H groups in total. The summed E-state index contributed by atoms with van der Waals surface area (Å²) in [5, 5.41) is 0. The third kappa shape index (κ3) is 3.01. The van der Waals surface area contributed by atoms with Crippen LogP contribution in [0, 0.1) is 16.7 Å². The van der Waals surface area contributed by atoms with Gasteiger partial charge in [0.1, 0.15) is 0 Å². The Morgan fingerprint density at radius 2 is 1.89 bits per heavy atom. The Bertz CT molecular complexity index is 366. The van der Waals surface area contributed by atoms with Gasteiger partial charge in [0, 0.05) is 11.8 Å². The van der Waals surface area contributed by atoms with E-state index in [0.29, 0.717) is 6.42 Å². The first-order chi connectivity index (χ1) is 8.19. The minimum atomic E-state index is -0.453. The quantitative estimate of drug-likeness (QED) is 0.557. The van der Waals surface area contributed by atoms with Crippen molar-refractivity contribution in [2.45, 2.75) is 47.5 Å². The standard InChI is InChI=1S/C15H24O3/c1-11(2)9-13(17)18-10-12(16)15(5)8-6-7-14(15,3)4/h6-7,11H,8-10H2,1-5H3/t15-/m1/s1. The molecule has 3 nitrogen and oxygen atoms in total. The normalized spacial score (nSPS) is 25.4. The van der Waals surface area contributed by atoms with Gasteiger partial charge in [-0.15, -0.1) is 0 Å². The number of ether oxygens (including phenoxy) is 1. The lowest BCUT2D eigenvalue weighted by molar-refractivity contribution is -0.152. The summed E-state index contributed by atoms with van der Waals surface area (Å²) >= 11 is 0. The number of rotatable bonds is 5. The van der Waals surface area contributed by atoms with E-state index in [0.717, 1.165) is 6.42 Å². The van der Waals surface area contributed by atoms with Crippen molar-refractivity contribution < 1.29 is 14.3 Å². The smallest absolute Gasteiger partial charge is 0.306 e. The summed E-state index contributed by atoms with van der Waals surface area (Å²) in [6.07, 6.45) is 5.20. The van der Waals surface area contributed by atoms with Gasteiger partial charge in [-0.05, 0) is 17.8 Å². The van der Waals surface area contributed by atoms with Crippen LogP contribution in [0.25, 0.3) is 0 Å². The Labute approximate surface area is 110 Å². The lowest BCUT2D eigenvalue weighted by Crippen LogP contribution is -2.40. The van der Waals surface area contributed by atoms with Crippen LogP contribution in [0.3, 0.4) is 0 Å². The molecule has 0 saturated carbocycles. The van der Waals surface area contributed by atoms with Crippen molar-refractivity contribution in [3.63, 3.8) is 0 Å². The highest BCUT2D eigenvalue weighted by atomic mass is 16.5. The average Bonchev–Trinajstić information content (AvgIpc) is 2.50. The number of ketones is 1. The molecule has 102 valence electrons. The van der Waals surface area contributed by atoms with Crippen LogP contribution < -0.4 is 0 Å². The van der Waals surface area contributed by atoms with Crippen molar-refractivity contribution in [3.05, 3.63) is 12.2 Å². The Balaban J connectivity index is 2.54. The molecule has 3 heteroatoms. The third-order valence-corrected chi connectivity index (χ3v) is 4.04. The predicted octanol–water partition coefficient (Wildman–Crippen LogP) is 3.14. The van der Waals surface area contributed by atoms with Gasteiger partial charge in [-0.1, -0.05) is 46.8 Å². The van der Waals surface area contributed by atoms with E-state index in [4.69, 9.17) is 4.74 Å². The highest BCUT2D eigenvalue weighted by Crippen LogP contribution is 2.48. The van der Waals surface area contributed by atoms with Crippen LogP contribution in [0.2, 0.25) is 0 Å². The van der Waals surface area contributed by atoms with Crippen molar-refractivity contribution in [1.82, 2.24) is 0 Å². The van der Waals surface area contributed by atoms with E-state index in [1.54, 1.807) is 0 Å². The summed E-state index contributed by atoms with van der Waals surface area (Å²) in [5.74, 6) is -0.0203. The fraction of sp³-hybridized carbons (Fsp3) is 0.733. The molecule has 0 heterocycles. The molecule has 1 atom stereocenters. The van der Waals surface area contributed by atoms with Crippen LogP contribution in [-0.2, 0) is 14.3 Å². The van der Waals surface area contributed by atoms with Gasteiger partial charge in [0.05, 0.1) is 0 Å². The van der Waals surface area contributed by atoms with Crippen molar-refractivity contribution in [1.29, 1.82) is 0 Å². The highest BCUT2D eigenvalue weighted by molar-refractivity contribution is 5.89. The number of Topliss-reactive ketones (excluding diaryl/α,β-unsaturated/α-hetero) is 1. The monoisotopic (exact) mass is 252 g/mol. The molecule has 0 radical (unpaired) electrons. The topological polar surface area (TPSA) is 43.4 Å². The highest BCUT2D eigenvalue weighted by Gasteiger charge is 2.47. The number of hydrogen-bond acceptors (Lipinski definition) is 3. The van der Waals surface area contributed by atoms with Crippen LogP contribution in [0.15, 0.2) is 12.2 Å². The number of carbonyl (C=O) groups excluding carboxylic acids is 2. The van der Waals surface area contributed by atoms with Gasteiger partial charge < -0.3 is 4.74 Å². The van der Waals surface area contributed by atoms with Gasteiger partial charge in [-0.25, -0.2) is 0 Å². The van der Waals surface area contributed by atoms with Gasteiger partial charge in [0.2, 0.25) is 0 Å². The van der Waals surface area contributed by atoms with E-state index in [2.05, 4.69) is 6.08 Å².